The molecule has 162 valence electrons. The van der Waals surface area contributed by atoms with Crippen LogP contribution >= 0.6 is 11.3 Å². The third kappa shape index (κ3) is 4.05. The minimum Gasteiger partial charge on any atom is -0.465 e. The lowest BCUT2D eigenvalue weighted by Gasteiger charge is -2.16. The maximum atomic E-state index is 12.9. The van der Waals surface area contributed by atoms with Crippen molar-refractivity contribution >= 4 is 45.3 Å². The van der Waals surface area contributed by atoms with Crippen LogP contribution < -0.4 is 5.32 Å². The zero-order chi connectivity index (χ0) is 22.0. The molecule has 0 aliphatic heterocycles. The fraction of sp³-hybridized carbons (Fsp3) is 0.364. The van der Waals surface area contributed by atoms with Crippen LogP contribution in [0.5, 0.6) is 0 Å². The standard InChI is InChI=1S/C22H22N2O6S/c1-3-14(30-21(26)13-8-6-9-15-18(13)23-11-29-15)19(25)24-20-17(22(27)28-2)12-7-4-5-10-16(12)31-20/h6,8-9,11,14H,3-5,7,10H2,1-2H3,(H,24,25). The van der Waals surface area contributed by atoms with Crippen LogP contribution in [-0.4, -0.2) is 36.0 Å². The predicted octanol–water partition coefficient (Wildman–Crippen LogP) is 4.13. The number of aromatic nitrogens is 1. The maximum absolute atomic E-state index is 12.9. The SMILES string of the molecule is CCC(OC(=O)c1cccc2ocnc12)C(=O)Nc1sc2c(c1C(=O)OC)CCCC2. The van der Waals surface area contributed by atoms with Gasteiger partial charge in [-0.3, -0.25) is 4.79 Å². The number of para-hydroxylation sites is 1. The number of benzene rings is 1. The summed E-state index contributed by atoms with van der Waals surface area (Å²) in [5, 5.41) is 3.23. The van der Waals surface area contributed by atoms with Crippen molar-refractivity contribution in [2.24, 2.45) is 0 Å². The number of amides is 1. The average Bonchev–Trinajstić information content (AvgIpc) is 3.40. The van der Waals surface area contributed by atoms with E-state index >= 15 is 0 Å². The molecule has 0 bridgehead atoms. The zero-order valence-corrected chi connectivity index (χ0v) is 18.0. The summed E-state index contributed by atoms with van der Waals surface area (Å²) < 4.78 is 15.6. The van der Waals surface area contributed by atoms with Gasteiger partial charge in [0.05, 0.1) is 18.2 Å². The van der Waals surface area contributed by atoms with Crippen LogP contribution in [0.3, 0.4) is 0 Å². The van der Waals surface area contributed by atoms with Gasteiger partial charge in [-0.15, -0.1) is 11.3 Å². The second kappa shape index (κ2) is 8.89. The molecule has 0 spiro atoms. The van der Waals surface area contributed by atoms with E-state index in [9.17, 15) is 14.4 Å². The Balaban J connectivity index is 1.55. The van der Waals surface area contributed by atoms with Gasteiger partial charge in [0, 0.05) is 4.88 Å². The molecule has 0 radical (unpaired) electrons. The van der Waals surface area contributed by atoms with Gasteiger partial charge < -0.3 is 19.2 Å². The molecule has 0 fully saturated rings. The van der Waals surface area contributed by atoms with Crippen molar-refractivity contribution in [1.82, 2.24) is 4.98 Å². The fourth-order valence-electron chi connectivity index (χ4n) is 3.73. The molecule has 0 saturated carbocycles. The first-order valence-electron chi connectivity index (χ1n) is 10.1. The minimum atomic E-state index is -1.03. The molecule has 1 N–H and O–H groups in total. The van der Waals surface area contributed by atoms with Crippen LogP contribution in [0.4, 0.5) is 5.00 Å². The van der Waals surface area contributed by atoms with Crippen molar-refractivity contribution < 1.29 is 28.3 Å². The summed E-state index contributed by atoms with van der Waals surface area (Å²) in [5.74, 6) is -1.63. The van der Waals surface area contributed by atoms with Gasteiger partial charge in [-0.2, -0.15) is 0 Å². The first-order chi connectivity index (χ1) is 15.0. The van der Waals surface area contributed by atoms with Crippen molar-refractivity contribution in [2.75, 3.05) is 12.4 Å². The largest absolute Gasteiger partial charge is 0.465 e. The molecule has 1 unspecified atom stereocenters. The van der Waals surface area contributed by atoms with E-state index in [0.29, 0.717) is 21.7 Å². The fourth-order valence-corrected chi connectivity index (χ4v) is 5.01. The molecule has 1 aliphatic rings. The van der Waals surface area contributed by atoms with Gasteiger partial charge in [-0.05, 0) is 49.8 Å². The number of esters is 2. The van der Waals surface area contributed by atoms with Gasteiger partial charge in [-0.1, -0.05) is 13.0 Å². The summed E-state index contributed by atoms with van der Waals surface area (Å²) in [6, 6.07) is 4.92. The molecule has 2 aromatic heterocycles. The molecule has 2 heterocycles. The average molecular weight is 442 g/mol. The Hall–Kier alpha value is -3.20. The first kappa shape index (κ1) is 21.0. The van der Waals surface area contributed by atoms with Crippen molar-refractivity contribution in [3.8, 4) is 0 Å². The number of oxazole rings is 1. The lowest BCUT2D eigenvalue weighted by molar-refractivity contribution is -0.124. The monoisotopic (exact) mass is 442 g/mol. The Morgan fingerprint density at radius 1 is 1.23 bits per heavy atom. The zero-order valence-electron chi connectivity index (χ0n) is 17.2. The Labute approximate surface area is 182 Å². The summed E-state index contributed by atoms with van der Waals surface area (Å²) in [5.41, 5.74) is 2.41. The van der Waals surface area contributed by atoms with E-state index in [2.05, 4.69) is 10.3 Å². The van der Waals surface area contributed by atoms with Gasteiger partial charge in [0.15, 0.2) is 18.1 Å². The smallest absolute Gasteiger partial charge is 0.341 e. The predicted molar refractivity (Wildman–Crippen MR) is 114 cm³/mol. The molecule has 4 rings (SSSR count). The number of anilines is 1. The second-order valence-corrected chi connectivity index (χ2v) is 8.31. The lowest BCUT2D eigenvalue weighted by Crippen LogP contribution is -2.32. The van der Waals surface area contributed by atoms with E-state index in [1.807, 2.05) is 0 Å². The first-order valence-corrected chi connectivity index (χ1v) is 10.9. The third-order valence-corrected chi connectivity index (χ3v) is 6.50. The number of hydrogen-bond donors (Lipinski definition) is 1. The van der Waals surface area contributed by atoms with Crippen LogP contribution in [-0.2, 0) is 27.1 Å². The number of rotatable bonds is 6. The van der Waals surface area contributed by atoms with Crippen molar-refractivity contribution in [1.29, 1.82) is 0 Å². The molecule has 3 aromatic rings. The number of carbonyl (C=O) groups is 3. The number of methoxy groups -OCH3 is 1. The number of nitrogens with one attached hydrogen (secondary N) is 1. The van der Waals surface area contributed by atoms with Crippen molar-refractivity contribution in [3.05, 3.63) is 46.2 Å². The van der Waals surface area contributed by atoms with E-state index in [1.54, 1.807) is 25.1 Å². The summed E-state index contributed by atoms with van der Waals surface area (Å²) in [6.07, 6.45) is 4.17. The maximum Gasteiger partial charge on any atom is 0.341 e. The van der Waals surface area contributed by atoms with Crippen LogP contribution in [0.25, 0.3) is 11.1 Å². The molecular weight excluding hydrogens is 420 g/mol. The third-order valence-electron chi connectivity index (χ3n) is 5.29. The summed E-state index contributed by atoms with van der Waals surface area (Å²) in [6.45, 7) is 1.74. The highest BCUT2D eigenvalue weighted by atomic mass is 32.1. The van der Waals surface area contributed by atoms with E-state index in [1.165, 1.54) is 24.8 Å². The Kier molecular flexibility index (Phi) is 6.03. The molecule has 1 aliphatic carbocycles. The number of ether oxygens (including phenoxy) is 2. The van der Waals surface area contributed by atoms with Gasteiger partial charge in [0.25, 0.3) is 5.91 Å². The number of fused-ring (bicyclic) bond motifs is 2. The molecule has 9 heteroatoms. The Bertz CT molecular complexity index is 1150. The molecule has 31 heavy (non-hydrogen) atoms. The Morgan fingerprint density at radius 3 is 2.81 bits per heavy atom. The minimum absolute atomic E-state index is 0.222. The quantitative estimate of drug-likeness (QED) is 0.572. The highest BCUT2D eigenvalue weighted by molar-refractivity contribution is 7.17. The molecule has 0 saturated heterocycles. The number of carbonyl (C=O) groups excluding carboxylic acids is 3. The Morgan fingerprint density at radius 2 is 2.03 bits per heavy atom. The number of thiophene rings is 1. The number of hydrogen-bond acceptors (Lipinski definition) is 8. The van der Waals surface area contributed by atoms with E-state index < -0.39 is 23.9 Å². The summed E-state index contributed by atoms with van der Waals surface area (Å²) in [7, 11) is 1.32. The molecule has 1 aromatic carbocycles. The molecule has 8 nitrogen and oxygen atoms in total. The van der Waals surface area contributed by atoms with Crippen LogP contribution in [0.15, 0.2) is 29.0 Å². The number of nitrogens with zero attached hydrogens (tertiary/aromatic N) is 1. The number of aryl methyl sites for hydroxylation is 1. The van der Waals surface area contributed by atoms with Crippen LogP contribution in [0, 0.1) is 0 Å². The van der Waals surface area contributed by atoms with E-state index in [-0.39, 0.29) is 12.0 Å². The van der Waals surface area contributed by atoms with Gasteiger partial charge >= 0.3 is 11.9 Å². The van der Waals surface area contributed by atoms with Crippen molar-refractivity contribution in [2.45, 2.75) is 45.1 Å². The highest BCUT2D eigenvalue weighted by Gasteiger charge is 2.30. The van der Waals surface area contributed by atoms with Gasteiger partial charge in [0.1, 0.15) is 10.5 Å². The van der Waals surface area contributed by atoms with Crippen molar-refractivity contribution in [3.63, 3.8) is 0 Å². The molecule has 1 atom stereocenters. The topological polar surface area (TPSA) is 108 Å². The second-order valence-electron chi connectivity index (χ2n) is 7.20. The van der Waals surface area contributed by atoms with E-state index in [4.69, 9.17) is 13.9 Å². The normalized spacial score (nSPS) is 14.0. The summed E-state index contributed by atoms with van der Waals surface area (Å²) in [4.78, 5) is 43.2. The van der Waals surface area contributed by atoms with Crippen LogP contribution in [0.2, 0.25) is 0 Å². The van der Waals surface area contributed by atoms with Gasteiger partial charge in [0.2, 0.25) is 0 Å². The van der Waals surface area contributed by atoms with Gasteiger partial charge in [-0.25, -0.2) is 14.6 Å². The molecule has 1 amide bonds. The van der Waals surface area contributed by atoms with E-state index in [0.717, 1.165) is 36.1 Å². The van der Waals surface area contributed by atoms with Crippen LogP contribution in [0.1, 0.15) is 57.3 Å². The highest BCUT2D eigenvalue weighted by Crippen LogP contribution is 2.38. The summed E-state index contributed by atoms with van der Waals surface area (Å²) >= 11 is 1.38. The lowest BCUT2D eigenvalue weighted by atomic mass is 9.95. The molecular formula is C22H22N2O6S.